The molecule has 0 aliphatic carbocycles. The van der Waals surface area contributed by atoms with Crippen LogP contribution in [0.1, 0.15) is 26.1 Å². The number of rotatable bonds is 5. The van der Waals surface area contributed by atoms with Crippen molar-refractivity contribution in [2.75, 3.05) is 0 Å². The van der Waals surface area contributed by atoms with Crippen LogP contribution in [0, 0.1) is 6.92 Å². The van der Waals surface area contributed by atoms with Crippen LogP contribution >= 0.6 is 11.8 Å². The number of primary amides is 1. The molecule has 1 heterocycles. The van der Waals surface area contributed by atoms with Gasteiger partial charge in [-0.1, -0.05) is 25.6 Å². The number of hydrogen-bond donors (Lipinski definition) is 1. The average molecular weight is 228 g/mol. The van der Waals surface area contributed by atoms with Gasteiger partial charge in [0.15, 0.2) is 5.16 Å². The van der Waals surface area contributed by atoms with E-state index in [0.29, 0.717) is 5.25 Å². The van der Waals surface area contributed by atoms with Gasteiger partial charge in [0.05, 0.1) is 0 Å². The number of carbonyl (C=O) groups excluding carboxylic acids is 1. The van der Waals surface area contributed by atoms with Crippen LogP contribution in [0.15, 0.2) is 5.16 Å². The van der Waals surface area contributed by atoms with Crippen molar-refractivity contribution in [3.8, 4) is 0 Å². The molecule has 0 aromatic carbocycles. The van der Waals surface area contributed by atoms with Crippen LogP contribution in [0.2, 0.25) is 0 Å². The second-order valence-corrected chi connectivity index (χ2v) is 4.82. The Balaban J connectivity index is 2.83. The maximum absolute atomic E-state index is 10.9. The van der Waals surface area contributed by atoms with Crippen LogP contribution in [0.3, 0.4) is 0 Å². The van der Waals surface area contributed by atoms with Gasteiger partial charge >= 0.3 is 0 Å². The van der Waals surface area contributed by atoms with Gasteiger partial charge in [0, 0.05) is 5.25 Å². The molecular weight excluding hydrogens is 212 g/mol. The van der Waals surface area contributed by atoms with Gasteiger partial charge in [-0.05, 0) is 13.3 Å². The molecule has 0 aliphatic heterocycles. The third kappa shape index (κ3) is 3.23. The molecule has 84 valence electrons. The molecule has 5 nitrogen and oxygen atoms in total. The van der Waals surface area contributed by atoms with Crippen molar-refractivity contribution < 1.29 is 4.79 Å². The van der Waals surface area contributed by atoms with Gasteiger partial charge in [0.1, 0.15) is 12.4 Å². The predicted molar refractivity (Wildman–Crippen MR) is 59.6 cm³/mol. The van der Waals surface area contributed by atoms with E-state index in [1.807, 2.05) is 6.92 Å². The number of aromatic nitrogens is 3. The van der Waals surface area contributed by atoms with E-state index in [9.17, 15) is 4.79 Å². The number of aryl methyl sites for hydroxylation is 1. The van der Waals surface area contributed by atoms with E-state index in [1.54, 1.807) is 16.3 Å². The molecule has 15 heavy (non-hydrogen) atoms. The SMILES string of the molecule is CCC(C)Sc1nnc(C)n1CC(N)=O. The molecule has 0 aliphatic rings. The second-order valence-electron chi connectivity index (χ2n) is 3.42. The molecule has 1 rings (SSSR count). The Labute approximate surface area is 93.4 Å². The lowest BCUT2D eigenvalue weighted by Gasteiger charge is -2.09. The van der Waals surface area contributed by atoms with Crippen LogP contribution in [-0.4, -0.2) is 25.9 Å². The first kappa shape index (κ1) is 12.0. The van der Waals surface area contributed by atoms with Crippen molar-refractivity contribution in [2.45, 2.75) is 44.1 Å². The lowest BCUT2D eigenvalue weighted by molar-refractivity contribution is -0.118. The van der Waals surface area contributed by atoms with Crippen LogP contribution in [0.5, 0.6) is 0 Å². The molecule has 0 saturated heterocycles. The van der Waals surface area contributed by atoms with Crippen molar-refractivity contribution >= 4 is 17.7 Å². The van der Waals surface area contributed by atoms with Crippen molar-refractivity contribution in [3.63, 3.8) is 0 Å². The maximum Gasteiger partial charge on any atom is 0.237 e. The van der Waals surface area contributed by atoms with Crippen LogP contribution in [0.4, 0.5) is 0 Å². The van der Waals surface area contributed by atoms with Crippen LogP contribution in [-0.2, 0) is 11.3 Å². The van der Waals surface area contributed by atoms with E-state index in [0.717, 1.165) is 17.4 Å². The first-order chi connectivity index (χ1) is 7.04. The van der Waals surface area contributed by atoms with Crippen LogP contribution in [0.25, 0.3) is 0 Å². The minimum Gasteiger partial charge on any atom is -0.368 e. The first-order valence-corrected chi connectivity index (χ1v) is 5.77. The third-order valence-corrected chi connectivity index (χ3v) is 3.35. The summed E-state index contributed by atoms with van der Waals surface area (Å²) in [6.07, 6.45) is 1.05. The quantitative estimate of drug-likeness (QED) is 0.762. The number of nitrogens with two attached hydrogens (primary N) is 1. The second kappa shape index (κ2) is 5.16. The molecular formula is C9H16N4OS. The summed E-state index contributed by atoms with van der Waals surface area (Å²) in [4.78, 5) is 10.9. The van der Waals surface area contributed by atoms with Crippen molar-refractivity contribution in [1.82, 2.24) is 14.8 Å². The van der Waals surface area contributed by atoms with Gasteiger partial charge in [-0.25, -0.2) is 0 Å². The van der Waals surface area contributed by atoms with Gasteiger partial charge in [-0.15, -0.1) is 10.2 Å². The number of amides is 1. The zero-order valence-corrected chi connectivity index (χ0v) is 10.0. The summed E-state index contributed by atoms with van der Waals surface area (Å²) < 4.78 is 1.75. The van der Waals surface area contributed by atoms with Gasteiger partial charge in [0.25, 0.3) is 0 Å². The van der Waals surface area contributed by atoms with E-state index in [1.165, 1.54) is 0 Å². The van der Waals surface area contributed by atoms with Crippen molar-refractivity contribution in [2.24, 2.45) is 5.73 Å². The summed E-state index contributed by atoms with van der Waals surface area (Å²) in [6.45, 7) is 6.19. The molecule has 0 spiro atoms. The van der Waals surface area contributed by atoms with Gasteiger partial charge in [0.2, 0.25) is 5.91 Å². The third-order valence-electron chi connectivity index (χ3n) is 2.10. The molecule has 1 aromatic rings. The maximum atomic E-state index is 10.9. The highest BCUT2D eigenvalue weighted by atomic mass is 32.2. The largest absolute Gasteiger partial charge is 0.368 e. The Morgan fingerprint density at radius 2 is 2.27 bits per heavy atom. The molecule has 0 bridgehead atoms. The summed E-state index contributed by atoms with van der Waals surface area (Å²) in [5.41, 5.74) is 5.16. The Bertz CT molecular complexity index is 350. The van der Waals surface area contributed by atoms with Crippen molar-refractivity contribution in [1.29, 1.82) is 0 Å². The first-order valence-electron chi connectivity index (χ1n) is 4.89. The Hall–Kier alpha value is -1.04. The Morgan fingerprint density at radius 1 is 1.60 bits per heavy atom. The monoisotopic (exact) mass is 228 g/mol. The topological polar surface area (TPSA) is 73.8 Å². The molecule has 6 heteroatoms. The standard InChI is InChI=1S/C9H16N4OS/c1-4-6(2)15-9-12-11-7(3)13(9)5-8(10)14/h6H,4-5H2,1-3H3,(H2,10,14). The minimum absolute atomic E-state index is 0.150. The average Bonchev–Trinajstić information content (AvgIpc) is 2.49. The lowest BCUT2D eigenvalue weighted by Crippen LogP contribution is -2.20. The lowest BCUT2D eigenvalue weighted by atomic mass is 10.4. The smallest absolute Gasteiger partial charge is 0.237 e. The predicted octanol–water partition coefficient (Wildman–Crippen LogP) is 0.962. The number of thioether (sulfide) groups is 1. The van der Waals surface area contributed by atoms with Gasteiger partial charge < -0.3 is 5.73 Å². The summed E-state index contributed by atoms with van der Waals surface area (Å²) in [7, 11) is 0. The molecule has 0 fully saturated rings. The summed E-state index contributed by atoms with van der Waals surface area (Å²) in [5, 5.41) is 9.19. The fourth-order valence-corrected chi connectivity index (χ4v) is 1.99. The minimum atomic E-state index is -0.371. The van der Waals surface area contributed by atoms with Gasteiger partial charge in [-0.3, -0.25) is 9.36 Å². The summed E-state index contributed by atoms with van der Waals surface area (Å²) in [6, 6.07) is 0. The molecule has 1 amide bonds. The Kier molecular flexibility index (Phi) is 4.14. The molecule has 0 radical (unpaired) electrons. The highest BCUT2D eigenvalue weighted by molar-refractivity contribution is 7.99. The normalized spacial score (nSPS) is 12.7. The summed E-state index contributed by atoms with van der Waals surface area (Å²) >= 11 is 1.61. The van der Waals surface area contributed by atoms with E-state index in [4.69, 9.17) is 5.73 Å². The zero-order chi connectivity index (χ0) is 11.4. The highest BCUT2D eigenvalue weighted by Crippen LogP contribution is 2.23. The van der Waals surface area contributed by atoms with E-state index in [-0.39, 0.29) is 12.5 Å². The fourth-order valence-electron chi connectivity index (χ4n) is 1.05. The number of hydrogen-bond acceptors (Lipinski definition) is 4. The van der Waals surface area contributed by atoms with E-state index < -0.39 is 0 Å². The van der Waals surface area contributed by atoms with Gasteiger partial charge in [-0.2, -0.15) is 0 Å². The van der Waals surface area contributed by atoms with E-state index >= 15 is 0 Å². The van der Waals surface area contributed by atoms with E-state index in [2.05, 4.69) is 24.0 Å². The number of nitrogens with zero attached hydrogens (tertiary/aromatic N) is 3. The molecule has 1 aromatic heterocycles. The van der Waals surface area contributed by atoms with Crippen molar-refractivity contribution in [3.05, 3.63) is 5.82 Å². The molecule has 1 atom stereocenters. The van der Waals surface area contributed by atoms with Crippen LogP contribution < -0.4 is 5.73 Å². The zero-order valence-electron chi connectivity index (χ0n) is 9.23. The highest BCUT2D eigenvalue weighted by Gasteiger charge is 2.13. The number of carbonyl (C=O) groups is 1. The Morgan fingerprint density at radius 3 is 2.80 bits per heavy atom. The molecule has 0 saturated carbocycles. The summed E-state index contributed by atoms with van der Waals surface area (Å²) in [5.74, 6) is 0.350. The fraction of sp³-hybridized carbons (Fsp3) is 0.667. The molecule has 2 N–H and O–H groups in total. The molecule has 1 unspecified atom stereocenters.